The van der Waals surface area contributed by atoms with Gasteiger partial charge in [0.1, 0.15) is 22.4 Å². The van der Waals surface area contributed by atoms with Gasteiger partial charge in [0.2, 0.25) is 0 Å². The summed E-state index contributed by atoms with van der Waals surface area (Å²) in [5, 5.41) is 15.2. The van der Waals surface area contributed by atoms with Gasteiger partial charge < -0.3 is 19.8 Å². The van der Waals surface area contributed by atoms with Gasteiger partial charge in [0.25, 0.3) is 5.91 Å². The number of furan rings is 1. The van der Waals surface area contributed by atoms with E-state index < -0.39 is 18.5 Å². The molecule has 0 atom stereocenters. The second kappa shape index (κ2) is 7.85. The first-order valence-corrected chi connectivity index (χ1v) is 10.0. The molecule has 0 spiro atoms. The van der Waals surface area contributed by atoms with Crippen molar-refractivity contribution in [1.82, 2.24) is 0 Å². The molecule has 29 heavy (non-hydrogen) atoms. The molecule has 8 heteroatoms. The molecule has 2 aromatic heterocycles. The number of fused-ring (bicyclic) bond motifs is 1. The number of hydrogen-bond acceptors (Lipinski definition) is 6. The van der Waals surface area contributed by atoms with E-state index in [2.05, 4.69) is 44.4 Å². The predicted molar refractivity (Wildman–Crippen MR) is 109 cm³/mol. The number of nitrogens with one attached hydrogen (secondary N) is 1. The van der Waals surface area contributed by atoms with Crippen LogP contribution in [0.2, 0.25) is 0 Å². The number of esters is 1. The molecule has 1 aliphatic rings. The second-order valence-electron chi connectivity index (χ2n) is 8.26. The Hall–Kier alpha value is -2.89. The quantitative estimate of drug-likeness (QED) is 0.577. The van der Waals surface area contributed by atoms with Gasteiger partial charge in [-0.3, -0.25) is 4.79 Å². The van der Waals surface area contributed by atoms with Crippen molar-refractivity contribution in [3.05, 3.63) is 46.2 Å². The Labute approximate surface area is 173 Å². The molecule has 0 saturated carbocycles. The highest BCUT2D eigenvalue weighted by Crippen LogP contribution is 2.41. The zero-order valence-corrected chi connectivity index (χ0v) is 17.7. The lowest BCUT2D eigenvalue weighted by Crippen LogP contribution is -3.03. The molecule has 0 unspecified atom stereocenters. The molecule has 0 fully saturated rings. The second-order valence-corrected chi connectivity index (χ2v) is 9.28. The number of amides is 1. The maximum absolute atomic E-state index is 12.3. The molecule has 3 heterocycles. The van der Waals surface area contributed by atoms with Crippen molar-refractivity contribution in [2.45, 2.75) is 45.2 Å². The van der Waals surface area contributed by atoms with Gasteiger partial charge in [-0.05, 0) is 51.5 Å². The summed E-state index contributed by atoms with van der Waals surface area (Å²) in [4.78, 5) is 25.1. The summed E-state index contributed by atoms with van der Waals surface area (Å²) in [6, 6.07) is 5.63. The maximum Gasteiger partial charge on any atom is 0.331 e. The molecule has 0 radical (unpaired) electrons. The minimum absolute atomic E-state index is 0.0414. The zero-order valence-electron chi connectivity index (χ0n) is 16.9. The van der Waals surface area contributed by atoms with Crippen molar-refractivity contribution in [1.29, 1.82) is 5.26 Å². The van der Waals surface area contributed by atoms with Gasteiger partial charge >= 0.3 is 5.97 Å². The fourth-order valence-corrected chi connectivity index (χ4v) is 5.05. The molecule has 0 aliphatic carbocycles. The third-order valence-electron chi connectivity index (χ3n) is 4.61. The number of nitrogens with two attached hydrogens (primary N) is 1. The molecule has 1 amide bonds. The number of nitrogens with zero attached hydrogens (tertiary/aromatic N) is 1. The lowest BCUT2D eigenvalue weighted by Gasteiger charge is -2.38. The van der Waals surface area contributed by atoms with Gasteiger partial charge in [-0.15, -0.1) is 11.3 Å². The van der Waals surface area contributed by atoms with E-state index >= 15 is 0 Å². The van der Waals surface area contributed by atoms with E-state index in [9.17, 15) is 14.9 Å². The van der Waals surface area contributed by atoms with Crippen LogP contribution in [0.3, 0.4) is 0 Å². The number of carbonyl (C=O) groups is 2. The summed E-state index contributed by atoms with van der Waals surface area (Å²) < 4.78 is 10.0. The minimum atomic E-state index is -0.653. The van der Waals surface area contributed by atoms with Crippen LogP contribution in [0, 0.1) is 11.3 Å². The van der Waals surface area contributed by atoms with Crippen molar-refractivity contribution < 1.29 is 24.1 Å². The molecular formula is C21H24N3O4S+. The lowest BCUT2D eigenvalue weighted by atomic mass is 9.81. The van der Waals surface area contributed by atoms with Crippen molar-refractivity contribution >= 4 is 34.3 Å². The van der Waals surface area contributed by atoms with Crippen LogP contribution in [0.5, 0.6) is 0 Å². The number of hydrogen-bond donors (Lipinski definition) is 2. The van der Waals surface area contributed by atoms with Crippen LogP contribution < -0.4 is 10.6 Å². The van der Waals surface area contributed by atoms with Gasteiger partial charge in [-0.2, -0.15) is 5.26 Å². The highest BCUT2D eigenvalue weighted by atomic mass is 32.1. The van der Waals surface area contributed by atoms with Crippen LogP contribution in [-0.2, 0) is 26.3 Å². The van der Waals surface area contributed by atoms with E-state index in [0.29, 0.717) is 16.3 Å². The number of quaternary nitrogens is 1. The average molecular weight is 415 g/mol. The Morgan fingerprint density at radius 3 is 2.83 bits per heavy atom. The van der Waals surface area contributed by atoms with Gasteiger partial charge in [-0.25, -0.2) is 4.79 Å². The first-order valence-electron chi connectivity index (χ1n) is 9.23. The third-order valence-corrected chi connectivity index (χ3v) is 6.10. The van der Waals surface area contributed by atoms with Gasteiger partial charge in [0.05, 0.1) is 22.2 Å². The number of ether oxygens (including phenoxy) is 1. The van der Waals surface area contributed by atoms with Crippen LogP contribution >= 0.6 is 11.3 Å². The van der Waals surface area contributed by atoms with Crippen LogP contribution in [0.1, 0.15) is 49.5 Å². The Morgan fingerprint density at radius 2 is 2.17 bits per heavy atom. The summed E-state index contributed by atoms with van der Waals surface area (Å²) in [5.41, 5.74) is 1.25. The largest absolute Gasteiger partial charge is 0.465 e. The van der Waals surface area contributed by atoms with E-state index in [1.165, 1.54) is 29.8 Å². The first-order chi connectivity index (χ1) is 13.6. The molecule has 7 nitrogen and oxygen atoms in total. The number of thiophene rings is 1. The fraction of sp³-hybridized carbons (Fsp3) is 0.381. The Kier molecular flexibility index (Phi) is 5.64. The zero-order chi connectivity index (χ0) is 21.2. The summed E-state index contributed by atoms with van der Waals surface area (Å²) in [7, 11) is 0. The molecule has 1 aliphatic heterocycles. The fourth-order valence-electron chi connectivity index (χ4n) is 3.79. The molecule has 0 bridgehead atoms. The number of nitriles is 1. The van der Waals surface area contributed by atoms with Crippen molar-refractivity contribution in [3.8, 4) is 6.07 Å². The normalized spacial score (nSPS) is 16.8. The molecule has 152 valence electrons. The van der Waals surface area contributed by atoms with E-state index in [1.54, 1.807) is 12.1 Å². The Balaban J connectivity index is 1.68. The highest BCUT2D eigenvalue weighted by molar-refractivity contribution is 7.16. The summed E-state index contributed by atoms with van der Waals surface area (Å²) in [5.74, 6) is -0.627. The molecular weight excluding hydrogens is 390 g/mol. The molecule has 3 N–H and O–H groups in total. The van der Waals surface area contributed by atoms with Crippen LogP contribution in [0.15, 0.2) is 28.9 Å². The number of carbonyl (C=O) groups excluding carboxylic acids is 2. The SMILES string of the molecule is CC1(C)Cc2c(sc(NC(=O)COC(=O)/C=C/c3ccco3)c2C#N)C(C)(C)[NH2+]1. The Bertz CT molecular complexity index is 994. The molecule has 0 aromatic carbocycles. The van der Waals surface area contributed by atoms with Gasteiger partial charge in [-0.1, -0.05) is 0 Å². The van der Waals surface area contributed by atoms with E-state index in [1.807, 2.05) is 0 Å². The Morgan fingerprint density at radius 1 is 1.41 bits per heavy atom. The van der Waals surface area contributed by atoms with Gasteiger partial charge in [0.15, 0.2) is 6.61 Å². The molecule has 0 saturated heterocycles. The molecule has 3 rings (SSSR count). The van der Waals surface area contributed by atoms with Crippen LogP contribution in [-0.4, -0.2) is 24.0 Å². The molecule has 2 aromatic rings. The highest BCUT2D eigenvalue weighted by Gasteiger charge is 2.44. The van der Waals surface area contributed by atoms with E-state index in [4.69, 9.17) is 9.15 Å². The van der Waals surface area contributed by atoms with E-state index in [0.717, 1.165) is 16.9 Å². The van der Waals surface area contributed by atoms with Gasteiger partial charge in [0, 0.05) is 12.5 Å². The standard InChI is InChI=1S/C21H23N3O4S/c1-20(2)10-14-15(11-22)19(29-18(14)21(3,4)24-20)23-16(25)12-28-17(26)8-7-13-6-5-9-27-13/h5-9,24H,10,12H2,1-4H3,(H,23,25)/p+1/b8-7+. The number of anilines is 1. The minimum Gasteiger partial charge on any atom is -0.465 e. The summed E-state index contributed by atoms with van der Waals surface area (Å²) >= 11 is 1.41. The average Bonchev–Trinajstić information content (AvgIpc) is 3.24. The van der Waals surface area contributed by atoms with Crippen LogP contribution in [0.25, 0.3) is 6.08 Å². The van der Waals surface area contributed by atoms with Crippen LogP contribution in [0.4, 0.5) is 5.00 Å². The predicted octanol–water partition coefficient (Wildman–Crippen LogP) is 2.54. The monoisotopic (exact) mass is 414 g/mol. The number of rotatable bonds is 5. The lowest BCUT2D eigenvalue weighted by molar-refractivity contribution is -0.789. The first kappa shape index (κ1) is 20.8. The van der Waals surface area contributed by atoms with Crippen molar-refractivity contribution in [2.24, 2.45) is 0 Å². The van der Waals surface area contributed by atoms with Crippen molar-refractivity contribution in [3.63, 3.8) is 0 Å². The summed E-state index contributed by atoms with van der Waals surface area (Å²) in [6.45, 7) is 8.08. The smallest absolute Gasteiger partial charge is 0.331 e. The topological polar surface area (TPSA) is 109 Å². The van der Waals surface area contributed by atoms with E-state index in [-0.39, 0.29) is 11.1 Å². The third kappa shape index (κ3) is 4.75. The van der Waals surface area contributed by atoms with Crippen molar-refractivity contribution in [2.75, 3.05) is 11.9 Å². The maximum atomic E-state index is 12.3. The summed E-state index contributed by atoms with van der Waals surface area (Å²) in [6.07, 6.45) is 4.89.